The summed E-state index contributed by atoms with van der Waals surface area (Å²) in [5.74, 6) is -0.163. The van der Waals surface area contributed by atoms with Crippen LogP contribution in [0.15, 0.2) is 35.1 Å². The fourth-order valence-electron chi connectivity index (χ4n) is 2.91. The number of amides is 1. The third kappa shape index (κ3) is 6.31. The Balaban J connectivity index is 1.39. The molecule has 0 saturated carbocycles. The van der Waals surface area contributed by atoms with E-state index in [1.807, 2.05) is 18.2 Å². The van der Waals surface area contributed by atoms with Gasteiger partial charge in [-0.15, -0.1) is 0 Å². The average Bonchev–Trinajstić information content (AvgIpc) is 2.66. The summed E-state index contributed by atoms with van der Waals surface area (Å²) in [6, 6.07) is 6.05. The molecule has 0 unspecified atom stereocenters. The van der Waals surface area contributed by atoms with Gasteiger partial charge >= 0.3 is 6.01 Å². The van der Waals surface area contributed by atoms with Crippen molar-refractivity contribution in [3.63, 3.8) is 0 Å². The molecule has 1 N–H and O–H groups in total. The van der Waals surface area contributed by atoms with Gasteiger partial charge in [-0.05, 0) is 46.5 Å². The maximum atomic E-state index is 12.1. The second-order valence-electron chi connectivity index (χ2n) is 6.34. The highest BCUT2D eigenvalue weighted by Gasteiger charge is 2.21. The second-order valence-corrected chi connectivity index (χ2v) is 8.07. The molecule has 1 aliphatic rings. The number of halogens is 3. The highest BCUT2D eigenvalue weighted by molar-refractivity contribution is 9.10. The first-order chi connectivity index (χ1) is 13.0. The predicted octanol–water partition coefficient (Wildman–Crippen LogP) is 3.71. The zero-order valence-corrected chi connectivity index (χ0v) is 17.6. The third-order valence-corrected chi connectivity index (χ3v) is 5.42. The Hall–Kier alpha value is -1.41. The van der Waals surface area contributed by atoms with Gasteiger partial charge in [0.1, 0.15) is 0 Å². The minimum absolute atomic E-state index is 0.0921. The van der Waals surface area contributed by atoms with Crippen molar-refractivity contribution in [2.75, 3.05) is 19.7 Å². The summed E-state index contributed by atoms with van der Waals surface area (Å²) in [6.07, 6.45) is 4.93. The molecule has 1 saturated heterocycles. The summed E-state index contributed by atoms with van der Waals surface area (Å²) in [5.41, 5.74) is 1.13. The molecule has 27 heavy (non-hydrogen) atoms. The van der Waals surface area contributed by atoms with Gasteiger partial charge in [-0.1, -0.05) is 29.3 Å². The number of ether oxygens (including phenoxy) is 1. The van der Waals surface area contributed by atoms with Crippen molar-refractivity contribution in [2.45, 2.75) is 25.4 Å². The van der Waals surface area contributed by atoms with Crippen molar-refractivity contribution >= 4 is 45.0 Å². The van der Waals surface area contributed by atoms with Crippen molar-refractivity contribution in [1.29, 1.82) is 0 Å². The fourth-order valence-corrected chi connectivity index (χ4v) is 3.43. The van der Waals surface area contributed by atoms with Gasteiger partial charge in [-0.25, -0.2) is 9.97 Å². The number of likely N-dealkylation sites (tertiary alicyclic amines) is 1. The zero-order chi connectivity index (χ0) is 19.2. The smallest absolute Gasteiger partial charge is 0.316 e. The molecule has 3 rings (SSSR count). The molecule has 6 nitrogen and oxygen atoms in total. The lowest BCUT2D eigenvalue weighted by Gasteiger charge is -2.32. The van der Waals surface area contributed by atoms with E-state index >= 15 is 0 Å². The maximum Gasteiger partial charge on any atom is 0.316 e. The highest BCUT2D eigenvalue weighted by Crippen LogP contribution is 2.24. The third-order valence-electron chi connectivity index (χ3n) is 4.27. The Morgan fingerprint density at radius 3 is 2.59 bits per heavy atom. The lowest BCUT2D eigenvalue weighted by Crippen LogP contribution is -2.45. The van der Waals surface area contributed by atoms with E-state index in [1.165, 1.54) is 0 Å². The topological polar surface area (TPSA) is 67.3 Å². The zero-order valence-electron chi connectivity index (χ0n) is 14.5. The normalized spacial score (nSPS) is 15.5. The fraction of sp³-hybridized carbons (Fsp3) is 0.389. The van der Waals surface area contributed by atoms with Crippen LogP contribution in [0.4, 0.5) is 0 Å². The number of carbonyl (C=O) groups excluding carboxylic acids is 1. The van der Waals surface area contributed by atoms with Crippen LogP contribution in [-0.2, 0) is 11.3 Å². The molecule has 0 aliphatic carbocycles. The van der Waals surface area contributed by atoms with Gasteiger partial charge in [-0.3, -0.25) is 9.69 Å². The summed E-state index contributed by atoms with van der Waals surface area (Å²) < 4.78 is 6.05. The molecule has 0 bridgehead atoms. The molecule has 2 heterocycles. The van der Waals surface area contributed by atoms with Crippen molar-refractivity contribution in [3.8, 4) is 6.01 Å². The van der Waals surface area contributed by atoms with Crippen LogP contribution in [0.3, 0.4) is 0 Å². The van der Waals surface area contributed by atoms with E-state index in [-0.39, 0.29) is 24.6 Å². The SMILES string of the molecule is O=C(COc1ncc(Br)cn1)NC1CCN(Cc2ccc(Cl)c(Cl)c2)CC1. The van der Waals surface area contributed by atoms with Crippen molar-refractivity contribution in [3.05, 3.63) is 50.7 Å². The van der Waals surface area contributed by atoms with E-state index in [4.69, 9.17) is 27.9 Å². The first-order valence-corrected chi connectivity index (χ1v) is 10.1. The lowest BCUT2D eigenvalue weighted by atomic mass is 10.0. The number of carbonyl (C=O) groups is 1. The molecule has 1 aromatic heterocycles. The largest absolute Gasteiger partial charge is 0.453 e. The summed E-state index contributed by atoms with van der Waals surface area (Å²) in [6.45, 7) is 2.54. The van der Waals surface area contributed by atoms with E-state index in [9.17, 15) is 4.79 Å². The quantitative estimate of drug-likeness (QED) is 0.692. The van der Waals surface area contributed by atoms with Gasteiger partial charge in [0, 0.05) is 38.1 Å². The number of piperidine rings is 1. The number of rotatable bonds is 6. The minimum atomic E-state index is -0.163. The molecule has 1 amide bonds. The number of hydrogen-bond acceptors (Lipinski definition) is 5. The molecule has 144 valence electrons. The van der Waals surface area contributed by atoms with Gasteiger partial charge in [0.25, 0.3) is 5.91 Å². The van der Waals surface area contributed by atoms with Crippen LogP contribution in [0.1, 0.15) is 18.4 Å². The average molecular weight is 474 g/mol. The molecular formula is C18H19BrCl2N4O2. The van der Waals surface area contributed by atoms with Crippen molar-refractivity contribution in [2.24, 2.45) is 0 Å². The van der Waals surface area contributed by atoms with Gasteiger partial charge in [0.2, 0.25) is 0 Å². The summed E-state index contributed by atoms with van der Waals surface area (Å²) in [7, 11) is 0. The van der Waals surface area contributed by atoms with Gasteiger partial charge in [0.05, 0.1) is 14.5 Å². The first-order valence-electron chi connectivity index (χ1n) is 8.55. The molecule has 0 radical (unpaired) electrons. The monoisotopic (exact) mass is 472 g/mol. The van der Waals surface area contributed by atoms with E-state index in [0.29, 0.717) is 10.0 Å². The molecule has 1 aromatic carbocycles. The van der Waals surface area contributed by atoms with E-state index in [0.717, 1.165) is 42.5 Å². The van der Waals surface area contributed by atoms with Gasteiger partial charge < -0.3 is 10.1 Å². The van der Waals surface area contributed by atoms with Crippen molar-refractivity contribution in [1.82, 2.24) is 20.2 Å². The maximum absolute atomic E-state index is 12.1. The molecule has 1 aliphatic heterocycles. The van der Waals surface area contributed by atoms with E-state index in [1.54, 1.807) is 12.4 Å². The first kappa shape index (κ1) is 20.3. The number of hydrogen-bond donors (Lipinski definition) is 1. The Bertz CT molecular complexity index is 783. The standard InChI is InChI=1S/C18H19BrCl2N4O2/c19-13-8-22-18(23-9-13)27-11-17(26)24-14-3-5-25(6-4-14)10-12-1-2-15(20)16(21)7-12/h1-2,7-9,14H,3-6,10-11H2,(H,24,26). The van der Waals surface area contributed by atoms with Gasteiger partial charge in [0.15, 0.2) is 6.61 Å². The Morgan fingerprint density at radius 2 is 1.93 bits per heavy atom. The summed E-state index contributed by atoms with van der Waals surface area (Å²) >= 11 is 15.3. The molecular weight excluding hydrogens is 455 g/mol. The predicted molar refractivity (Wildman–Crippen MR) is 108 cm³/mol. The molecule has 0 spiro atoms. The Labute approximate surface area is 176 Å². The summed E-state index contributed by atoms with van der Waals surface area (Å²) in [4.78, 5) is 22.3. The lowest BCUT2D eigenvalue weighted by molar-refractivity contribution is -0.124. The minimum Gasteiger partial charge on any atom is -0.453 e. The Morgan fingerprint density at radius 1 is 1.22 bits per heavy atom. The van der Waals surface area contributed by atoms with Crippen LogP contribution in [0.25, 0.3) is 0 Å². The number of nitrogens with zero attached hydrogens (tertiary/aromatic N) is 3. The summed E-state index contributed by atoms with van der Waals surface area (Å²) in [5, 5.41) is 4.15. The van der Waals surface area contributed by atoms with Crippen LogP contribution in [0.5, 0.6) is 6.01 Å². The molecule has 1 fully saturated rings. The number of nitrogens with one attached hydrogen (secondary N) is 1. The van der Waals surface area contributed by atoms with Crippen molar-refractivity contribution < 1.29 is 9.53 Å². The van der Waals surface area contributed by atoms with E-state index < -0.39 is 0 Å². The van der Waals surface area contributed by atoms with Crippen LogP contribution < -0.4 is 10.1 Å². The molecule has 9 heteroatoms. The molecule has 0 atom stereocenters. The molecule has 2 aromatic rings. The van der Waals surface area contributed by atoms with Gasteiger partial charge in [-0.2, -0.15) is 0 Å². The number of aromatic nitrogens is 2. The van der Waals surface area contributed by atoms with E-state index in [2.05, 4.69) is 36.1 Å². The number of benzene rings is 1. The second kappa shape index (κ2) is 9.68. The van der Waals surface area contributed by atoms with Crippen LogP contribution in [-0.4, -0.2) is 46.5 Å². The van der Waals surface area contributed by atoms with Crippen LogP contribution >= 0.6 is 39.1 Å². The van der Waals surface area contributed by atoms with Crippen LogP contribution in [0, 0.1) is 0 Å². The van der Waals surface area contributed by atoms with Crippen LogP contribution in [0.2, 0.25) is 10.0 Å². The Kier molecular flexibility index (Phi) is 7.29. The highest BCUT2D eigenvalue weighted by atomic mass is 79.9.